The molecule has 0 aromatic heterocycles. The number of rotatable bonds is 4. The van der Waals surface area contributed by atoms with E-state index in [-0.39, 0.29) is 24.4 Å². The van der Waals surface area contributed by atoms with Crippen LogP contribution in [0.25, 0.3) is 0 Å². The molecule has 2 aliphatic carbocycles. The third-order valence-electron chi connectivity index (χ3n) is 5.40. The zero-order valence-electron chi connectivity index (χ0n) is 14.0. The third kappa shape index (κ3) is 3.00. The molecule has 0 spiro atoms. The van der Waals surface area contributed by atoms with Crippen molar-refractivity contribution in [1.29, 1.82) is 0 Å². The van der Waals surface area contributed by atoms with Crippen LogP contribution in [0.2, 0.25) is 0 Å². The molecule has 4 rings (SSSR count). The fraction of sp³-hybridized carbons (Fsp3) is 0.350. The van der Waals surface area contributed by atoms with Crippen LogP contribution in [0.1, 0.15) is 29.5 Å². The average Bonchev–Trinajstić information content (AvgIpc) is 3.10. The van der Waals surface area contributed by atoms with Crippen LogP contribution in [0, 0.1) is 11.7 Å². The first-order valence-electron chi connectivity index (χ1n) is 8.56. The van der Waals surface area contributed by atoms with Gasteiger partial charge >= 0.3 is 6.03 Å². The molecule has 130 valence electrons. The molecule has 2 amide bonds. The number of urea groups is 1. The van der Waals surface area contributed by atoms with E-state index < -0.39 is 5.60 Å². The molecule has 1 saturated carbocycles. The highest BCUT2D eigenvalue weighted by atomic mass is 19.1. The number of fused-ring (bicyclic) bond motifs is 3. The van der Waals surface area contributed by atoms with Gasteiger partial charge in [-0.3, -0.25) is 0 Å². The predicted octanol–water partition coefficient (Wildman–Crippen LogP) is 2.67. The fourth-order valence-electron chi connectivity index (χ4n) is 3.91. The van der Waals surface area contributed by atoms with Gasteiger partial charge in [-0.05, 0) is 48.1 Å². The maximum absolute atomic E-state index is 13.0. The summed E-state index contributed by atoms with van der Waals surface area (Å²) in [6.45, 7) is 1.66. The van der Waals surface area contributed by atoms with E-state index in [9.17, 15) is 14.3 Å². The van der Waals surface area contributed by atoms with Crippen molar-refractivity contribution < 1.29 is 14.3 Å². The number of amides is 2. The zero-order chi connectivity index (χ0) is 17.6. The molecule has 5 heteroatoms. The summed E-state index contributed by atoms with van der Waals surface area (Å²) in [5.41, 5.74) is 2.04. The molecule has 0 heterocycles. The third-order valence-corrected chi connectivity index (χ3v) is 5.40. The highest BCUT2D eigenvalue weighted by molar-refractivity contribution is 5.75. The Bertz CT molecular complexity index is 804. The number of carbonyl (C=O) groups is 1. The van der Waals surface area contributed by atoms with Gasteiger partial charge in [-0.25, -0.2) is 9.18 Å². The van der Waals surface area contributed by atoms with Crippen LogP contribution in [0.3, 0.4) is 0 Å². The van der Waals surface area contributed by atoms with E-state index in [1.807, 2.05) is 6.07 Å². The van der Waals surface area contributed by atoms with Crippen LogP contribution in [0.5, 0.6) is 0 Å². The van der Waals surface area contributed by atoms with Gasteiger partial charge in [0.2, 0.25) is 0 Å². The minimum Gasteiger partial charge on any atom is -0.384 e. The molecular weight excluding hydrogens is 319 g/mol. The number of halogens is 1. The molecule has 3 N–H and O–H groups in total. The maximum atomic E-state index is 13.0. The van der Waals surface area contributed by atoms with Crippen molar-refractivity contribution in [3.8, 4) is 0 Å². The monoisotopic (exact) mass is 340 g/mol. The Kier molecular flexibility index (Phi) is 3.76. The van der Waals surface area contributed by atoms with Gasteiger partial charge in [0, 0.05) is 12.0 Å². The van der Waals surface area contributed by atoms with E-state index in [1.165, 1.54) is 35.4 Å². The lowest BCUT2D eigenvalue weighted by atomic mass is 9.96. The molecule has 0 saturated heterocycles. The van der Waals surface area contributed by atoms with E-state index in [0.717, 1.165) is 6.42 Å². The quantitative estimate of drug-likeness (QED) is 0.801. The Morgan fingerprint density at radius 3 is 2.72 bits per heavy atom. The van der Waals surface area contributed by atoms with Gasteiger partial charge in [-0.1, -0.05) is 36.4 Å². The van der Waals surface area contributed by atoms with E-state index in [0.29, 0.717) is 17.4 Å². The lowest BCUT2D eigenvalue weighted by molar-refractivity contribution is 0.0593. The summed E-state index contributed by atoms with van der Waals surface area (Å²) in [7, 11) is 0. The Morgan fingerprint density at radius 2 is 1.96 bits per heavy atom. The van der Waals surface area contributed by atoms with E-state index in [1.54, 1.807) is 6.92 Å². The van der Waals surface area contributed by atoms with Crippen LogP contribution < -0.4 is 10.6 Å². The highest BCUT2D eigenvalue weighted by Gasteiger charge is 2.56. The van der Waals surface area contributed by atoms with Crippen LogP contribution in [-0.4, -0.2) is 23.7 Å². The van der Waals surface area contributed by atoms with Crippen molar-refractivity contribution in [2.24, 2.45) is 5.92 Å². The van der Waals surface area contributed by atoms with Crippen molar-refractivity contribution in [3.63, 3.8) is 0 Å². The van der Waals surface area contributed by atoms with Crippen molar-refractivity contribution in [2.75, 3.05) is 6.54 Å². The molecule has 0 aliphatic heterocycles. The highest BCUT2D eigenvalue weighted by Crippen LogP contribution is 2.56. The van der Waals surface area contributed by atoms with Crippen molar-refractivity contribution in [1.82, 2.24) is 10.6 Å². The fourth-order valence-corrected chi connectivity index (χ4v) is 3.91. The summed E-state index contributed by atoms with van der Waals surface area (Å²) in [4.78, 5) is 12.2. The molecule has 0 unspecified atom stereocenters. The summed E-state index contributed by atoms with van der Waals surface area (Å²) < 4.78 is 13.0. The van der Waals surface area contributed by atoms with E-state index in [4.69, 9.17) is 0 Å². The smallest absolute Gasteiger partial charge is 0.315 e. The standard InChI is InChI=1S/C20H21FN2O2/c1-20(25,13-6-8-14(21)9-7-13)11-22-19(24)23-18-16-10-12-4-2-3-5-15(12)17(16)18/h2-9,16-18,25H,10-11H2,1H3,(H2,22,23,24)/t16-,17-,18+,20-/m0/s1. The molecule has 4 nitrogen and oxygen atoms in total. The molecule has 0 radical (unpaired) electrons. The Morgan fingerprint density at radius 1 is 1.24 bits per heavy atom. The lowest BCUT2D eigenvalue weighted by Gasteiger charge is -2.24. The number of hydrogen-bond donors (Lipinski definition) is 3. The summed E-state index contributed by atoms with van der Waals surface area (Å²) in [5.74, 6) is 0.547. The molecule has 25 heavy (non-hydrogen) atoms. The largest absolute Gasteiger partial charge is 0.384 e. The van der Waals surface area contributed by atoms with Gasteiger partial charge in [0.15, 0.2) is 0 Å². The van der Waals surface area contributed by atoms with Gasteiger partial charge in [0.25, 0.3) is 0 Å². The van der Waals surface area contributed by atoms with Crippen molar-refractivity contribution >= 4 is 6.03 Å². The van der Waals surface area contributed by atoms with Crippen molar-refractivity contribution in [3.05, 3.63) is 71.0 Å². The van der Waals surface area contributed by atoms with Crippen LogP contribution in [0.4, 0.5) is 9.18 Å². The molecule has 2 aromatic rings. The maximum Gasteiger partial charge on any atom is 0.315 e. The van der Waals surface area contributed by atoms with Crippen molar-refractivity contribution in [2.45, 2.75) is 30.9 Å². The molecular formula is C20H21FN2O2. The lowest BCUT2D eigenvalue weighted by Crippen LogP contribution is -2.44. The molecule has 4 atom stereocenters. The number of carbonyl (C=O) groups excluding carboxylic acids is 1. The number of aliphatic hydroxyl groups is 1. The summed E-state index contributed by atoms with van der Waals surface area (Å²) in [6, 6.07) is 13.9. The van der Waals surface area contributed by atoms with Gasteiger partial charge in [0.1, 0.15) is 11.4 Å². The Labute approximate surface area is 146 Å². The second-order valence-electron chi connectivity index (χ2n) is 7.23. The van der Waals surface area contributed by atoms with Gasteiger partial charge in [-0.2, -0.15) is 0 Å². The SMILES string of the molecule is C[C@](O)(CNC(=O)N[C@@H]1[C@H]2Cc3ccccc3[C@@H]21)c1ccc(F)cc1. The second-order valence-corrected chi connectivity index (χ2v) is 7.23. The first kappa shape index (κ1) is 16.1. The second kappa shape index (κ2) is 5.85. The van der Waals surface area contributed by atoms with Crippen LogP contribution >= 0.6 is 0 Å². The zero-order valence-corrected chi connectivity index (χ0v) is 14.0. The first-order chi connectivity index (χ1) is 12.0. The normalized spacial score (nSPS) is 25.5. The minimum absolute atomic E-state index is 0.0586. The number of benzene rings is 2. The number of nitrogens with one attached hydrogen (secondary N) is 2. The topological polar surface area (TPSA) is 61.4 Å². The molecule has 0 bridgehead atoms. The predicted molar refractivity (Wildman–Crippen MR) is 92.7 cm³/mol. The molecule has 1 fully saturated rings. The Hall–Kier alpha value is -2.40. The van der Waals surface area contributed by atoms with Gasteiger partial charge in [-0.15, -0.1) is 0 Å². The van der Waals surface area contributed by atoms with Gasteiger partial charge < -0.3 is 15.7 Å². The van der Waals surface area contributed by atoms with Gasteiger partial charge in [0.05, 0.1) is 6.54 Å². The van der Waals surface area contributed by atoms with E-state index in [2.05, 4.69) is 28.8 Å². The van der Waals surface area contributed by atoms with Crippen LogP contribution in [-0.2, 0) is 12.0 Å². The van der Waals surface area contributed by atoms with Crippen LogP contribution in [0.15, 0.2) is 48.5 Å². The van der Waals surface area contributed by atoms with E-state index >= 15 is 0 Å². The average molecular weight is 340 g/mol. The summed E-state index contributed by atoms with van der Waals surface area (Å²) in [5, 5.41) is 16.2. The first-order valence-corrected chi connectivity index (χ1v) is 8.56. The Balaban J connectivity index is 1.31. The molecule has 2 aromatic carbocycles. The summed E-state index contributed by atoms with van der Waals surface area (Å²) >= 11 is 0. The minimum atomic E-state index is -1.25. The molecule has 2 aliphatic rings. The summed E-state index contributed by atoms with van der Waals surface area (Å²) in [6.07, 6.45) is 1.01. The number of hydrogen-bond acceptors (Lipinski definition) is 2.